The minimum atomic E-state index is -0.743. The van der Waals surface area contributed by atoms with Gasteiger partial charge in [0.25, 0.3) is 0 Å². The fourth-order valence-corrected chi connectivity index (χ4v) is 9.71. The molecule has 4 N–H and O–H groups in total. The molecule has 0 amide bonds. The Hall–Kier alpha value is -0.650. The molecule has 0 aromatic heterocycles. The Morgan fingerprint density at radius 1 is 1.00 bits per heavy atom. The summed E-state index contributed by atoms with van der Waals surface area (Å²) in [6, 6.07) is 0. The van der Waals surface area contributed by atoms with Crippen LogP contribution in [0.5, 0.6) is 0 Å². The average molecular weight is 451 g/mol. The summed E-state index contributed by atoms with van der Waals surface area (Å²) in [7, 11) is 0. The second-order valence-electron chi connectivity index (χ2n) is 12.6. The highest BCUT2D eigenvalue weighted by atomic mass is 16.4. The Balaban J connectivity index is 1.66. The van der Waals surface area contributed by atoms with Gasteiger partial charge in [0.05, 0.1) is 24.2 Å². The summed E-state index contributed by atoms with van der Waals surface area (Å²) in [4.78, 5) is 11.5. The van der Waals surface area contributed by atoms with Gasteiger partial charge < -0.3 is 20.4 Å². The van der Waals surface area contributed by atoms with E-state index in [2.05, 4.69) is 27.7 Å². The van der Waals surface area contributed by atoms with Crippen molar-refractivity contribution in [2.75, 3.05) is 0 Å². The van der Waals surface area contributed by atoms with E-state index in [0.29, 0.717) is 12.3 Å². The number of carboxylic acid groups (broad SMARTS) is 1. The van der Waals surface area contributed by atoms with Gasteiger partial charge in [0.2, 0.25) is 0 Å². The van der Waals surface area contributed by atoms with E-state index < -0.39 is 12.1 Å². The maximum absolute atomic E-state index is 11.8. The predicted octanol–water partition coefficient (Wildman–Crippen LogP) is 4.33. The topological polar surface area (TPSA) is 98.0 Å². The number of carbonyl (C=O) groups is 1. The van der Waals surface area contributed by atoms with Crippen molar-refractivity contribution in [3.8, 4) is 0 Å². The zero-order chi connectivity index (χ0) is 23.6. The number of hydrogen-bond donors (Lipinski definition) is 4. The van der Waals surface area contributed by atoms with Gasteiger partial charge in [0, 0.05) is 0 Å². The van der Waals surface area contributed by atoms with Crippen LogP contribution in [-0.4, -0.2) is 44.7 Å². The lowest BCUT2D eigenvalue weighted by Crippen LogP contribution is -2.65. The van der Waals surface area contributed by atoms with Gasteiger partial charge in [-0.3, -0.25) is 4.79 Å². The van der Waals surface area contributed by atoms with Crippen LogP contribution in [0.1, 0.15) is 86.0 Å². The Labute approximate surface area is 194 Å². The number of aliphatic hydroxyl groups is 3. The van der Waals surface area contributed by atoms with Crippen molar-refractivity contribution in [1.82, 2.24) is 0 Å². The van der Waals surface area contributed by atoms with Gasteiger partial charge >= 0.3 is 5.97 Å². The average Bonchev–Trinajstić information content (AvgIpc) is 3.09. The van der Waals surface area contributed by atoms with E-state index in [1.165, 1.54) is 0 Å². The molecule has 32 heavy (non-hydrogen) atoms. The van der Waals surface area contributed by atoms with Crippen LogP contribution < -0.4 is 0 Å². The quantitative estimate of drug-likeness (QED) is 0.500. The molecular weight excluding hydrogens is 404 g/mol. The normalized spacial score (nSPS) is 52.4. The molecule has 0 aliphatic heterocycles. The van der Waals surface area contributed by atoms with Crippen molar-refractivity contribution in [2.45, 2.75) is 104 Å². The van der Waals surface area contributed by atoms with E-state index in [4.69, 9.17) is 0 Å². The summed E-state index contributed by atoms with van der Waals surface area (Å²) in [5.74, 6) is 0.687. The molecule has 4 fully saturated rings. The maximum atomic E-state index is 11.8. The third-order valence-corrected chi connectivity index (χ3v) is 11.4. The number of hydrogen-bond acceptors (Lipinski definition) is 4. The fraction of sp³-hybridized carbons (Fsp3) is 0.963. The number of aliphatic carboxylic acids is 1. The van der Waals surface area contributed by atoms with E-state index in [0.717, 1.165) is 44.9 Å². The molecule has 0 bridgehead atoms. The largest absolute Gasteiger partial charge is 0.481 e. The number of rotatable bonds is 5. The second-order valence-corrected chi connectivity index (χ2v) is 12.6. The lowest BCUT2D eigenvalue weighted by atomic mass is 9.41. The molecule has 4 saturated carbocycles. The van der Waals surface area contributed by atoms with Crippen LogP contribution in [0.15, 0.2) is 0 Å². The summed E-state index contributed by atoms with van der Waals surface area (Å²) in [5, 5.41) is 43.3. The van der Waals surface area contributed by atoms with Crippen molar-refractivity contribution in [3.63, 3.8) is 0 Å². The van der Waals surface area contributed by atoms with Crippen LogP contribution in [0.2, 0.25) is 0 Å². The molecule has 4 aliphatic rings. The molecule has 4 aliphatic carbocycles. The van der Waals surface area contributed by atoms with Crippen LogP contribution in [0.4, 0.5) is 0 Å². The van der Waals surface area contributed by atoms with Crippen LogP contribution in [0.25, 0.3) is 0 Å². The van der Waals surface area contributed by atoms with Crippen LogP contribution in [0, 0.1) is 58.2 Å². The first-order chi connectivity index (χ1) is 15.0. The zero-order valence-electron chi connectivity index (χ0n) is 20.7. The zero-order valence-corrected chi connectivity index (χ0v) is 20.7. The minimum Gasteiger partial charge on any atom is -0.481 e. The molecule has 5 heteroatoms. The van der Waals surface area contributed by atoms with E-state index in [-0.39, 0.29) is 64.5 Å². The summed E-state index contributed by atoms with van der Waals surface area (Å²) < 4.78 is 0. The molecule has 0 heterocycles. The van der Waals surface area contributed by atoms with Crippen molar-refractivity contribution in [2.24, 2.45) is 58.2 Å². The molecule has 5 unspecified atom stereocenters. The molecule has 0 aromatic carbocycles. The van der Waals surface area contributed by atoms with Gasteiger partial charge in [0.15, 0.2) is 0 Å². The fourth-order valence-electron chi connectivity index (χ4n) is 9.71. The lowest BCUT2D eigenvalue weighted by molar-refractivity contribution is -0.228. The van der Waals surface area contributed by atoms with Crippen molar-refractivity contribution < 1.29 is 25.2 Å². The van der Waals surface area contributed by atoms with Gasteiger partial charge in [-0.1, -0.05) is 41.0 Å². The standard InChI is InChI=1S/C27H46O5/c1-6-17-20-12-16(28)9-10-26(20,4)21-13-22(29)27(5)18(14(2)11-15(3)25(31)32)7-8-19(27)23(21)24(17)30/h14-24,28-30H,6-13H2,1-5H3,(H,31,32)/t14?,15-,16-,17-,18?,19?,20+,21?,22+,23?,24-,26+,27-/m1/s1. The first-order valence-electron chi connectivity index (χ1n) is 13.2. The molecule has 4 rings (SSSR count). The van der Waals surface area contributed by atoms with Crippen LogP contribution in [0.3, 0.4) is 0 Å². The summed E-state index contributed by atoms with van der Waals surface area (Å²) >= 11 is 0. The van der Waals surface area contributed by atoms with Crippen molar-refractivity contribution in [3.05, 3.63) is 0 Å². The Morgan fingerprint density at radius 2 is 1.69 bits per heavy atom. The Bertz CT molecular complexity index is 710. The van der Waals surface area contributed by atoms with Gasteiger partial charge in [-0.15, -0.1) is 0 Å². The molecule has 0 radical (unpaired) electrons. The van der Waals surface area contributed by atoms with Crippen molar-refractivity contribution in [1.29, 1.82) is 0 Å². The second kappa shape index (κ2) is 8.53. The number of aliphatic hydroxyl groups excluding tert-OH is 3. The molecule has 0 saturated heterocycles. The molecule has 5 nitrogen and oxygen atoms in total. The molecular formula is C27H46O5. The minimum absolute atomic E-state index is 0.0631. The Kier molecular flexibility index (Phi) is 6.53. The van der Waals surface area contributed by atoms with Gasteiger partial charge in [-0.2, -0.15) is 0 Å². The monoisotopic (exact) mass is 450 g/mol. The van der Waals surface area contributed by atoms with E-state index in [1.807, 2.05) is 0 Å². The van der Waals surface area contributed by atoms with Crippen LogP contribution in [-0.2, 0) is 4.79 Å². The van der Waals surface area contributed by atoms with Gasteiger partial charge in [0.1, 0.15) is 0 Å². The molecule has 0 aromatic rings. The summed E-state index contributed by atoms with van der Waals surface area (Å²) in [6.07, 6.45) is 5.85. The van der Waals surface area contributed by atoms with Crippen molar-refractivity contribution >= 4 is 5.97 Å². The molecule has 184 valence electrons. The molecule has 0 spiro atoms. The van der Waals surface area contributed by atoms with Gasteiger partial charge in [-0.25, -0.2) is 0 Å². The molecule has 13 atom stereocenters. The third-order valence-electron chi connectivity index (χ3n) is 11.4. The first-order valence-corrected chi connectivity index (χ1v) is 13.2. The van der Waals surface area contributed by atoms with E-state index >= 15 is 0 Å². The highest BCUT2D eigenvalue weighted by Crippen LogP contribution is 2.69. The predicted molar refractivity (Wildman–Crippen MR) is 124 cm³/mol. The highest BCUT2D eigenvalue weighted by molar-refractivity contribution is 5.69. The Morgan fingerprint density at radius 3 is 2.31 bits per heavy atom. The maximum Gasteiger partial charge on any atom is 0.306 e. The number of carboxylic acids is 1. The third kappa shape index (κ3) is 3.48. The van der Waals surface area contributed by atoms with Gasteiger partial charge in [-0.05, 0) is 97.2 Å². The van der Waals surface area contributed by atoms with Crippen LogP contribution >= 0.6 is 0 Å². The smallest absolute Gasteiger partial charge is 0.306 e. The first kappa shape index (κ1) is 24.5. The summed E-state index contributed by atoms with van der Waals surface area (Å²) in [6.45, 7) is 10.8. The summed E-state index contributed by atoms with van der Waals surface area (Å²) in [5.41, 5.74) is -0.205. The highest BCUT2D eigenvalue weighted by Gasteiger charge is 2.67. The lowest BCUT2D eigenvalue weighted by Gasteiger charge is -2.65. The number of fused-ring (bicyclic) bond motifs is 5. The van der Waals surface area contributed by atoms with E-state index in [9.17, 15) is 25.2 Å². The SMILES string of the molecule is CC[C@H]1[C@@H](O)C2C3CCC(C(C)C[C@@H](C)C(=O)O)[C@@]3(C)[C@@H](O)CC2[C@@]2(C)CC[C@@H](O)C[C@@H]12. The van der Waals surface area contributed by atoms with E-state index in [1.54, 1.807) is 6.92 Å².